The van der Waals surface area contributed by atoms with Crippen LogP contribution in [-0.4, -0.2) is 110 Å². The van der Waals surface area contributed by atoms with Crippen molar-refractivity contribution in [3.63, 3.8) is 0 Å². The van der Waals surface area contributed by atoms with Gasteiger partial charge in [-0.1, -0.05) is 5.04 Å². The Bertz CT molecular complexity index is 679. The summed E-state index contributed by atoms with van der Waals surface area (Å²) < 4.78 is 73.4. The molecule has 10 atom stereocenters. The number of rotatable bonds is 10. The van der Waals surface area contributed by atoms with E-state index >= 15 is 0 Å². The van der Waals surface area contributed by atoms with Crippen LogP contribution in [0.2, 0.25) is 0 Å². The predicted molar refractivity (Wildman–Crippen MR) is 95.2 cm³/mol. The minimum absolute atomic E-state index is 0.0475. The van der Waals surface area contributed by atoms with E-state index < -0.39 is 78.2 Å². The van der Waals surface area contributed by atoms with Gasteiger partial charge in [0.05, 0.1) is 19.3 Å². The van der Waals surface area contributed by atoms with Crippen molar-refractivity contribution >= 4 is 22.7 Å². The number of aliphatic hydroxyl groups excluding tert-OH is 2. The Morgan fingerprint density at radius 3 is 2.52 bits per heavy atom. The molecular weight excluding hydrogens is 472 g/mol. The minimum atomic E-state index is -4.80. The summed E-state index contributed by atoms with van der Waals surface area (Å²) in [6, 6.07) is 0. The van der Waals surface area contributed by atoms with Crippen LogP contribution in [0, 0.1) is 0 Å². The number of hydrogen-bond acceptors (Lipinski definition) is 15. The van der Waals surface area contributed by atoms with Gasteiger partial charge in [-0.15, -0.1) is 4.33 Å². The van der Waals surface area contributed by atoms with Gasteiger partial charge < -0.3 is 33.9 Å². The summed E-state index contributed by atoms with van der Waals surface area (Å²) in [5.41, 5.74) is 0. The lowest BCUT2D eigenvalue weighted by molar-refractivity contribution is -0.435. The zero-order chi connectivity index (χ0) is 22.8. The summed E-state index contributed by atoms with van der Waals surface area (Å²) in [7, 11) is -3.52. The zero-order valence-electron chi connectivity index (χ0n) is 16.3. The SMILES string of the molecule is COC1[C@H](OSOOO)C(CO)O[C@@H](O[C@H]2C3CO[C@H]2C(OS(=O)(=O)O)[C@@H](C)O3)[C@H]1O. The Morgan fingerprint density at radius 2 is 1.90 bits per heavy atom. The Morgan fingerprint density at radius 1 is 1.16 bits per heavy atom. The predicted octanol–water partition coefficient (Wildman–Crippen LogP) is -1.79. The van der Waals surface area contributed by atoms with E-state index in [1.807, 2.05) is 0 Å². The number of ether oxygens (including phenoxy) is 5. The highest BCUT2D eigenvalue weighted by Crippen LogP contribution is 2.37. The molecule has 4 N–H and O–H groups in total. The molecule has 31 heavy (non-hydrogen) atoms. The van der Waals surface area contributed by atoms with Crippen LogP contribution in [0.25, 0.3) is 0 Å². The second-order valence-electron chi connectivity index (χ2n) is 6.95. The molecule has 0 amide bonds. The summed E-state index contributed by atoms with van der Waals surface area (Å²) in [5.74, 6) is 0. The minimum Gasteiger partial charge on any atom is -0.394 e. The molecule has 3 fully saturated rings. The van der Waals surface area contributed by atoms with Crippen molar-refractivity contribution in [3.8, 4) is 0 Å². The van der Waals surface area contributed by atoms with Crippen LogP contribution in [0.4, 0.5) is 0 Å². The van der Waals surface area contributed by atoms with Crippen molar-refractivity contribution in [3.05, 3.63) is 0 Å². The fourth-order valence-electron chi connectivity index (χ4n) is 3.83. The van der Waals surface area contributed by atoms with E-state index in [0.717, 1.165) is 0 Å². The molecule has 15 nitrogen and oxygen atoms in total. The van der Waals surface area contributed by atoms with Crippen LogP contribution in [0.15, 0.2) is 0 Å². The van der Waals surface area contributed by atoms with E-state index in [4.69, 9.17) is 37.7 Å². The quantitative estimate of drug-likeness (QED) is 0.0868. The van der Waals surface area contributed by atoms with Crippen molar-refractivity contribution < 1.29 is 69.9 Å². The average molecular weight is 496 g/mol. The van der Waals surface area contributed by atoms with Crippen LogP contribution < -0.4 is 0 Å². The number of hydrogen-bond donors (Lipinski definition) is 4. The number of fused-ring (bicyclic) bond motifs is 2. The van der Waals surface area contributed by atoms with Gasteiger partial charge in [0.1, 0.15) is 48.8 Å². The highest BCUT2D eigenvalue weighted by Gasteiger charge is 2.56. The monoisotopic (exact) mass is 496 g/mol. The molecule has 3 saturated heterocycles. The molecule has 2 bridgehead atoms. The first-order valence-electron chi connectivity index (χ1n) is 9.05. The van der Waals surface area contributed by atoms with Gasteiger partial charge in [0.2, 0.25) is 0 Å². The van der Waals surface area contributed by atoms with Crippen molar-refractivity contribution in [2.75, 3.05) is 20.3 Å². The topological polar surface area (TPSA) is 198 Å². The summed E-state index contributed by atoms with van der Waals surface area (Å²) in [6.07, 6.45) is -10.5. The van der Waals surface area contributed by atoms with E-state index in [1.165, 1.54) is 7.11 Å². The van der Waals surface area contributed by atoms with Crippen LogP contribution in [-0.2, 0) is 51.8 Å². The average Bonchev–Trinajstić information content (AvgIpc) is 3.01. The molecule has 182 valence electrons. The Labute approximate surface area is 181 Å². The molecule has 3 heterocycles. The lowest BCUT2D eigenvalue weighted by atomic mass is 9.97. The lowest BCUT2D eigenvalue weighted by Gasteiger charge is -2.45. The van der Waals surface area contributed by atoms with E-state index in [-0.39, 0.29) is 18.9 Å². The van der Waals surface area contributed by atoms with Gasteiger partial charge in [-0.25, -0.2) is 9.44 Å². The van der Waals surface area contributed by atoms with Crippen molar-refractivity contribution in [1.82, 2.24) is 0 Å². The lowest BCUT2D eigenvalue weighted by Crippen LogP contribution is -2.63. The first-order valence-corrected chi connectivity index (χ1v) is 11.1. The van der Waals surface area contributed by atoms with Crippen molar-refractivity contribution in [1.29, 1.82) is 0 Å². The fraction of sp³-hybridized carbons (Fsp3) is 1.00. The molecule has 0 saturated carbocycles. The fourth-order valence-corrected chi connectivity index (χ4v) is 4.76. The maximum absolute atomic E-state index is 11.2. The number of methoxy groups -OCH3 is 1. The van der Waals surface area contributed by atoms with Crippen LogP contribution in [0.1, 0.15) is 6.92 Å². The van der Waals surface area contributed by atoms with Crippen LogP contribution in [0.5, 0.6) is 0 Å². The van der Waals surface area contributed by atoms with Gasteiger partial charge in [0.15, 0.2) is 18.6 Å². The molecule has 0 radical (unpaired) electrons. The largest absolute Gasteiger partial charge is 0.397 e. The molecular formula is C14H24O15S2. The maximum atomic E-state index is 11.2. The highest BCUT2D eigenvalue weighted by molar-refractivity contribution is 7.89. The summed E-state index contributed by atoms with van der Waals surface area (Å²) >= 11 is 0.221. The Hall–Kier alpha value is -0.220. The van der Waals surface area contributed by atoms with Gasteiger partial charge in [-0.05, 0) is 6.92 Å². The second-order valence-corrected chi connectivity index (χ2v) is 8.47. The van der Waals surface area contributed by atoms with Gasteiger partial charge in [0, 0.05) is 7.11 Å². The smallest absolute Gasteiger partial charge is 0.394 e. The van der Waals surface area contributed by atoms with E-state index in [0.29, 0.717) is 0 Å². The van der Waals surface area contributed by atoms with Crippen LogP contribution in [0.3, 0.4) is 0 Å². The highest BCUT2D eigenvalue weighted by atomic mass is 32.3. The van der Waals surface area contributed by atoms with E-state index in [9.17, 15) is 18.6 Å². The molecule has 0 aromatic rings. The zero-order valence-corrected chi connectivity index (χ0v) is 17.9. The van der Waals surface area contributed by atoms with Gasteiger partial charge >= 0.3 is 10.4 Å². The third-order valence-electron chi connectivity index (χ3n) is 5.12. The molecule has 0 aromatic heterocycles. The molecule has 17 heteroatoms. The molecule has 3 rings (SSSR count). The van der Waals surface area contributed by atoms with Gasteiger partial charge in [-0.3, -0.25) is 8.74 Å². The van der Waals surface area contributed by atoms with Gasteiger partial charge in [-0.2, -0.15) is 8.42 Å². The summed E-state index contributed by atoms with van der Waals surface area (Å²) in [6.45, 7) is 1.03. The molecule has 3 aliphatic rings. The maximum Gasteiger partial charge on any atom is 0.397 e. The molecule has 0 aromatic carbocycles. The molecule has 0 aliphatic carbocycles. The standard InChI is InChI=1S/C14H24O15S2/c1-5-9(27-31(18,19)20)13-10(7(23-5)4-22-13)25-14-8(16)12(21-2)11(6(3-15)24-14)26-30-29-28-17/h5-17H,3-4H2,1-2H3,(H,18,19,20)/t5-,6?,7?,8+,9?,10+,11-,12?,13+,14+/m1/s1. The molecule has 0 spiro atoms. The second kappa shape index (κ2) is 10.8. The Balaban J connectivity index is 1.72. The van der Waals surface area contributed by atoms with Crippen molar-refractivity contribution in [2.45, 2.75) is 68.1 Å². The first kappa shape index (κ1) is 25.4. The normalized spacial score (nSPS) is 43.3. The Kier molecular flexibility index (Phi) is 8.85. The van der Waals surface area contributed by atoms with Crippen molar-refractivity contribution in [2.24, 2.45) is 0 Å². The van der Waals surface area contributed by atoms with E-state index in [1.54, 1.807) is 6.92 Å². The third-order valence-corrected chi connectivity index (χ3v) is 6.00. The molecule has 3 aliphatic heterocycles. The summed E-state index contributed by atoms with van der Waals surface area (Å²) in [5, 5.41) is 32.0. The third kappa shape index (κ3) is 5.83. The number of aliphatic hydroxyl groups is 2. The van der Waals surface area contributed by atoms with Gasteiger partial charge in [0.25, 0.3) is 0 Å². The van der Waals surface area contributed by atoms with E-state index in [2.05, 4.69) is 13.6 Å². The van der Waals surface area contributed by atoms with Crippen LogP contribution >= 0.6 is 12.3 Å². The molecule has 4 unspecified atom stereocenters. The summed E-state index contributed by atoms with van der Waals surface area (Å²) in [4.78, 5) is 0. The first-order chi connectivity index (χ1) is 14.7.